The highest BCUT2D eigenvalue weighted by molar-refractivity contribution is 7.44. The minimum absolute atomic E-state index is 0.0639. The predicted octanol–water partition coefficient (Wildman–Crippen LogP) is 2.40. The molecule has 4 heteroatoms. The van der Waals surface area contributed by atoms with Crippen LogP contribution in [0.25, 0.3) is 0 Å². The van der Waals surface area contributed by atoms with Crippen LogP contribution in [0.15, 0.2) is 0 Å². The Kier molecular flexibility index (Phi) is 3.85. The molecule has 0 N–H and O–H groups in total. The van der Waals surface area contributed by atoms with Crippen LogP contribution >= 0.6 is 7.95 Å². The molecule has 0 spiro atoms. The highest BCUT2D eigenvalue weighted by atomic mass is 31.1. The fraction of sp³-hybridized carbons (Fsp3) is 0.875. The summed E-state index contributed by atoms with van der Waals surface area (Å²) in [6.45, 7) is 7.37. The second-order valence-electron chi connectivity index (χ2n) is 3.71. The van der Waals surface area contributed by atoms with Gasteiger partial charge in [0, 0.05) is 6.42 Å². The Labute approximate surface area is 75.0 Å². The van der Waals surface area contributed by atoms with Crippen molar-refractivity contribution in [3.8, 4) is 0 Å². The number of hydrogen-bond acceptors (Lipinski definition) is 2. The van der Waals surface area contributed by atoms with Crippen LogP contribution in [0.2, 0.25) is 0 Å². The molecule has 12 heavy (non-hydrogen) atoms. The van der Waals surface area contributed by atoms with Gasteiger partial charge in [-0.2, -0.15) is 0 Å². The second-order valence-corrected chi connectivity index (χ2v) is 6.20. The Morgan fingerprint density at radius 2 is 1.83 bits per heavy atom. The summed E-state index contributed by atoms with van der Waals surface area (Å²) in [4.78, 5) is 11.1. The van der Waals surface area contributed by atoms with Gasteiger partial charge < -0.3 is 0 Å². The van der Waals surface area contributed by atoms with E-state index in [4.69, 9.17) is 0 Å². The van der Waals surface area contributed by atoms with Crippen LogP contribution in [0.4, 0.5) is 0 Å². The SMILES string of the molecule is CCC(=O)N(C)[P+](=O)C(C)(C)C. The number of rotatable bonds is 2. The molecule has 0 saturated heterocycles. The molecule has 1 amide bonds. The minimum Gasteiger partial charge on any atom is -0.271 e. The number of nitrogens with zero attached hydrogens (tertiary/aromatic N) is 1. The number of hydrogen-bond donors (Lipinski definition) is 0. The zero-order chi connectivity index (χ0) is 9.94. The molecule has 0 heterocycles. The summed E-state index contributed by atoms with van der Waals surface area (Å²) < 4.78 is 13.0. The molecule has 0 aromatic carbocycles. The molecule has 0 rings (SSSR count). The molecule has 1 atom stereocenters. The molecule has 1 unspecified atom stereocenters. The lowest BCUT2D eigenvalue weighted by Gasteiger charge is -2.11. The molecule has 0 fully saturated rings. The lowest BCUT2D eigenvalue weighted by molar-refractivity contribution is -0.125. The second kappa shape index (κ2) is 3.99. The molecule has 70 valence electrons. The van der Waals surface area contributed by atoms with Crippen LogP contribution in [0.5, 0.6) is 0 Å². The average molecular weight is 190 g/mol. The quantitative estimate of drug-likeness (QED) is 0.627. The van der Waals surface area contributed by atoms with Gasteiger partial charge >= 0.3 is 7.95 Å². The Morgan fingerprint density at radius 1 is 1.42 bits per heavy atom. The Hall–Kier alpha value is -0.430. The Bertz CT molecular complexity index is 196. The minimum atomic E-state index is -1.59. The summed E-state index contributed by atoms with van der Waals surface area (Å²) in [6.07, 6.45) is 0.410. The van der Waals surface area contributed by atoms with E-state index in [1.54, 1.807) is 14.0 Å². The zero-order valence-corrected chi connectivity index (χ0v) is 9.31. The van der Waals surface area contributed by atoms with Crippen molar-refractivity contribution < 1.29 is 9.36 Å². The van der Waals surface area contributed by atoms with E-state index >= 15 is 0 Å². The van der Waals surface area contributed by atoms with Crippen molar-refractivity contribution in [1.82, 2.24) is 4.67 Å². The molecule has 3 nitrogen and oxygen atoms in total. The average Bonchev–Trinajstić information content (AvgIpc) is 1.98. The van der Waals surface area contributed by atoms with Gasteiger partial charge in [0.05, 0.1) is 7.05 Å². The van der Waals surface area contributed by atoms with Crippen LogP contribution < -0.4 is 0 Å². The smallest absolute Gasteiger partial charge is 0.271 e. The zero-order valence-electron chi connectivity index (χ0n) is 8.42. The van der Waals surface area contributed by atoms with Crippen molar-refractivity contribution in [2.45, 2.75) is 39.3 Å². The molecule has 0 saturated carbocycles. The summed E-state index contributed by atoms with van der Waals surface area (Å²) in [6, 6.07) is 0. The van der Waals surface area contributed by atoms with Crippen molar-refractivity contribution in [3.63, 3.8) is 0 Å². The first-order valence-corrected chi connectivity index (χ1v) is 5.25. The highest BCUT2D eigenvalue weighted by Gasteiger charge is 2.41. The molecule has 0 bridgehead atoms. The van der Waals surface area contributed by atoms with E-state index < -0.39 is 7.95 Å². The molecule has 0 radical (unpaired) electrons. The Morgan fingerprint density at radius 3 is 2.08 bits per heavy atom. The van der Waals surface area contributed by atoms with Gasteiger partial charge in [-0.25, -0.2) is 0 Å². The maximum Gasteiger partial charge on any atom is 0.470 e. The van der Waals surface area contributed by atoms with Crippen LogP contribution in [-0.2, 0) is 9.36 Å². The van der Waals surface area contributed by atoms with Gasteiger partial charge in [0.25, 0.3) is 5.91 Å². The first-order valence-electron chi connectivity index (χ1n) is 4.04. The molecular weight excluding hydrogens is 173 g/mol. The van der Waals surface area contributed by atoms with Gasteiger partial charge in [0.1, 0.15) is 0 Å². The molecular formula is C8H17NO2P+. The van der Waals surface area contributed by atoms with E-state index in [1.807, 2.05) is 20.8 Å². The number of amides is 1. The van der Waals surface area contributed by atoms with Gasteiger partial charge in [-0.1, -0.05) is 6.92 Å². The van der Waals surface area contributed by atoms with E-state index in [1.165, 1.54) is 4.67 Å². The van der Waals surface area contributed by atoms with E-state index in [9.17, 15) is 9.36 Å². The summed E-state index contributed by atoms with van der Waals surface area (Å²) >= 11 is 0. The third-order valence-corrected chi connectivity index (χ3v) is 3.43. The van der Waals surface area contributed by atoms with E-state index in [-0.39, 0.29) is 11.1 Å². The third-order valence-electron chi connectivity index (χ3n) is 1.51. The third kappa shape index (κ3) is 2.90. The van der Waals surface area contributed by atoms with Gasteiger partial charge in [-0.15, -0.1) is 4.67 Å². The van der Waals surface area contributed by atoms with Gasteiger partial charge in [0.15, 0.2) is 5.16 Å². The fourth-order valence-electron chi connectivity index (χ4n) is 0.780. The van der Waals surface area contributed by atoms with Crippen molar-refractivity contribution >= 4 is 13.9 Å². The van der Waals surface area contributed by atoms with Crippen LogP contribution in [0.1, 0.15) is 34.1 Å². The molecule has 0 aliphatic heterocycles. The van der Waals surface area contributed by atoms with E-state index in [0.717, 1.165) is 0 Å². The van der Waals surface area contributed by atoms with Crippen LogP contribution in [0, 0.1) is 0 Å². The normalized spacial score (nSPS) is 12.6. The lowest BCUT2D eigenvalue weighted by atomic mass is 10.3. The van der Waals surface area contributed by atoms with Crippen molar-refractivity contribution in [2.75, 3.05) is 7.05 Å². The van der Waals surface area contributed by atoms with E-state index in [2.05, 4.69) is 0 Å². The summed E-state index contributed by atoms with van der Waals surface area (Å²) in [5.41, 5.74) is 0. The van der Waals surface area contributed by atoms with Crippen molar-refractivity contribution in [3.05, 3.63) is 0 Å². The van der Waals surface area contributed by atoms with Crippen LogP contribution in [-0.4, -0.2) is 22.8 Å². The first kappa shape index (κ1) is 11.6. The first-order chi connectivity index (χ1) is 5.30. The summed E-state index contributed by atoms with van der Waals surface area (Å²) in [5.74, 6) is -0.0639. The number of carbonyl (C=O) groups is 1. The monoisotopic (exact) mass is 190 g/mol. The van der Waals surface area contributed by atoms with E-state index in [0.29, 0.717) is 6.42 Å². The molecule has 0 aromatic rings. The Balaban J connectivity index is 4.41. The van der Waals surface area contributed by atoms with Crippen molar-refractivity contribution in [1.29, 1.82) is 0 Å². The standard InChI is InChI=1S/C8H17NO2P/c1-6-7(10)9(5)12(11)8(2,3)4/h6H2,1-5H3/q+1. The largest absolute Gasteiger partial charge is 0.470 e. The maximum absolute atomic E-state index is 11.6. The lowest BCUT2D eigenvalue weighted by Crippen LogP contribution is -2.25. The summed E-state index contributed by atoms with van der Waals surface area (Å²) in [5, 5.41) is -0.324. The van der Waals surface area contributed by atoms with Crippen LogP contribution in [0.3, 0.4) is 0 Å². The van der Waals surface area contributed by atoms with Gasteiger partial charge in [0.2, 0.25) is 0 Å². The van der Waals surface area contributed by atoms with Gasteiger partial charge in [-0.05, 0) is 25.3 Å². The molecule has 0 aliphatic rings. The summed E-state index contributed by atoms with van der Waals surface area (Å²) in [7, 11) is -0.00122. The predicted molar refractivity (Wildman–Crippen MR) is 50.4 cm³/mol. The maximum atomic E-state index is 11.6. The number of carbonyl (C=O) groups excluding carboxylic acids is 1. The highest BCUT2D eigenvalue weighted by Crippen LogP contribution is 2.40. The topological polar surface area (TPSA) is 37.4 Å². The molecule has 0 aliphatic carbocycles. The fourth-order valence-corrected chi connectivity index (χ4v) is 2.02. The molecule has 0 aromatic heterocycles. The van der Waals surface area contributed by atoms with Crippen molar-refractivity contribution in [2.24, 2.45) is 0 Å². The van der Waals surface area contributed by atoms with Gasteiger partial charge in [-0.3, -0.25) is 4.79 Å².